The van der Waals surface area contributed by atoms with E-state index in [0.717, 1.165) is 29.8 Å². The van der Waals surface area contributed by atoms with E-state index in [1.54, 1.807) is 12.1 Å². The van der Waals surface area contributed by atoms with Gasteiger partial charge in [-0.25, -0.2) is 4.98 Å². The first kappa shape index (κ1) is 20.9. The molecule has 0 aliphatic heterocycles. The van der Waals surface area contributed by atoms with Gasteiger partial charge in [-0.3, -0.25) is 20.0 Å². The number of H-pyrrole nitrogens is 1. The molecule has 31 heavy (non-hydrogen) atoms. The number of thioether (sulfide) groups is 1. The maximum Gasteiger partial charge on any atom is 0.311 e. The van der Waals surface area contributed by atoms with Crippen molar-refractivity contribution >= 4 is 29.0 Å². The number of hydrogen-bond donors (Lipinski definition) is 2. The molecule has 0 unspecified atom stereocenters. The number of nitrogens with zero attached hydrogens (tertiary/aromatic N) is 3. The van der Waals surface area contributed by atoms with E-state index in [2.05, 4.69) is 20.5 Å². The normalized spacial score (nSPS) is 13.1. The van der Waals surface area contributed by atoms with Crippen LogP contribution in [0, 0.1) is 10.1 Å². The van der Waals surface area contributed by atoms with Crippen LogP contribution < -0.4 is 10.1 Å². The summed E-state index contributed by atoms with van der Waals surface area (Å²) in [6, 6.07) is 12.2. The number of ether oxygens (including phenoxy) is 1. The van der Waals surface area contributed by atoms with Crippen molar-refractivity contribution in [3.63, 3.8) is 0 Å². The molecule has 0 spiro atoms. The Labute approximate surface area is 182 Å². The van der Waals surface area contributed by atoms with Crippen molar-refractivity contribution < 1.29 is 14.5 Å². The third-order valence-electron chi connectivity index (χ3n) is 4.84. The van der Waals surface area contributed by atoms with E-state index >= 15 is 0 Å². The van der Waals surface area contributed by atoms with Crippen LogP contribution in [0.2, 0.25) is 0 Å². The summed E-state index contributed by atoms with van der Waals surface area (Å²) >= 11 is 1.38. The van der Waals surface area contributed by atoms with E-state index < -0.39 is 4.92 Å². The molecular weight excluding hydrogens is 418 g/mol. The number of aromatic amines is 1. The quantitative estimate of drug-likeness (QED) is 0.379. The van der Waals surface area contributed by atoms with E-state index in [9.17, 15) is 14.9 Å². The standard InChI is InChI=1S/C21H21N5O4S/c1-30-18-9-2-13(10-17(18)26(28)29)11-31-12-19(27)22-16-7-5-15(6-8-16)21-23-20(24-25-21)14-3-4-14/h2,5-10,14H,3-4,11-12H2,1H3,(H,22,27)(H,23,24,25). The molecule has 1 heterocycles. The van der Waals surface area contributed by atoms with Crippen LogP contribution in [0.3, 0.4) is 0 Å². The lowest BCUT2D eigenvalue weighted by Crippen LogP contribution is -2.14. The Balaban J connectivity index is 1.28. The first-order valence-electron chi connectivity index (χ1n) is 9.75. The van der Waals surface area contributed by atoms with E-state index in [1.165, 1.54) is 24.9 Å². The number of anilines is 1. The van der Waals surface area contributed by atoms with Gasteiger partial charge in [0.15, 0.2) is 11.6 Å². The molecule has 1 aliphatic carbocycles. The second-order valence-electron chi connectivity index (χ2n) is 7.20. The molecule has 1 fully saturated rings. The Kier molecular flexibility index (Phi) is 6.17. The van der Waals surface area contributed by atoms with Gasteiger partial charge < -0.3 is 10.1 Å². The molecule has 1 aromatic heterocycles. The number of aromatic nitrogens is 3. The number of amides is 1. The maximum atomic E-state index is 12.2. The minimum Gasteiger partial charge on any atom is -0.490 e. The molecule has 10 heteroatoms. The number of carbonyl (C=O) groups is 1. The van der Waals surface area contributed by atoms with Crippen LogP contribution in [-0.2, 0) is 10.5 Å². The summed E-state index contributed by atoms with van der Waals surface area (Å²) in [4.78, 5) is 27.4. The van der Waals surface area contributed by atoms with Crippen molar-refractivity contribution in [3.8, 4) is 17.1 Å². The van der Waals surface area contributed by atoms with Gasteiger partial charge in [0, 0.05) is 29.0 Å². The lowest BCUT2D eigenvalue weighted by atomic mass is 10.2. The maximum absolute atomic E-state index is 12.2. The zero-order valence-corrected chi connectivity index (χ0v) is 17.6. The highest BCUT2D eigenvalue weighted by atomic mass is 32.2. The van der Waals surface area contributed by atoms with Gasteiger partial charge in [0.1, 0.15) is 5.82 Å². The number of benzene rings is 2. The van der Waals surface area contributed by atoms with Crippen LogP contribution >= 0.6 is 11.8 Å². The smallest absolute Gasteiger partial charge is 0.311 e. The summed E-state index contributed by atoms with van der Waals surface area (Å²) < 4.78 is 5.00. The number of nitro benzene ring substituents is 1. The van der Waals surface area contributed by atoms with Gasteiger partial charge in [-0.05, 0) is 48.7 Å². The average Bonchev–Trinajstić information content (AvgIpc) is 3.51. The van der Waals surface area contributed by atoms with Crippen LogP contribution in [0.5, 0.6) is 5.75 Å². The molecule has 1 saturated carbocycles. The highest BCUT2D eigenvalue weighted by Gasteiger charge is 2.27. The van der Waals surface area contributed by atoms with Crippen LogP contribution in [0.25, 0.3) is 11.4 Å². The van der Waals surface area contributed by atoms with Gasteiger partial charge in [0.05, 0.1) is 17.8 Å². The van der Waals surface area contributed by atoms with Crippen molar-refractivity contribution in [1.29, 1.82) is 0 Å². The summed E-state index contributed by atoms with van der Waals surface area (Å²) in [6.07, 6.45) is 2.32. The Morgan fingerprint density at radius 1 is 1.29 bits per heavy atom. The molecular formula is C21H21N5O4S. The molecule has 1 amide bonds. The fourth-order valence-corrected chi connectivity index (χ4v) is 3.85. The molecule has 4 rings (SSSR count). The van der Waals surface area contributed by atoms with E-state index in [-0.39, 0.29) is 23.1 Å². The minimum absolute atomic E-state index is 0.0826. The van der Waals surface area contributed by atoms with Crippen LogP contribution in [0.4, 0.5) is 11.4 Å². The zero-order chi connectivity index (χ0) is 21.8. The monoisotopic (exact) mass is 439 g/mol. The first-order valence-corrected chi connectivity index (χ1v) is 10.9. The molecule has 9 nitrogen and oxygen atoms in total. The van der Waals surface area contributed by atoms with E-state index in [1.807, 2.05) is 24.3 Å². The third-order valence-corrected chi connectivity index (χ3v) is 5.84. The molecule has 160 valence electrons. The molecule has 0 bridgehead atoms. The predicted molar refractivity (Wildman–Crippen MR) is 118 cm³/mol. The van der Waals surface area contributed by atoms with E-state index in [0.29, 0.717) is 23.2 Å². The van der Waals surface area contributed by atoms with Gasteiger partial charge in [-0.2, -0.15) is 5.10 Å². The summed E-state index contributed by atoms with van der Waals surface area (Å²) in [5.74, 6) is 2.89. The van der Waals surface area contributed by atoms with Gasteiger partial charge in [0.25, 0.3) is 0 Å². The largest absolute Gasteiger partial charge is 0.490 e. The lowest BCUT2D eigenvalue weighted by Gasteiger charge is -2.07. The molecule has 1 aliphatic rings. The topological polar surface area (TPSA) is 123 Å². The highest BCUT2D eigenvalue weighted by Crippen LogP contribution is 2.38. The minimum atomic E-state index is -0.478. The Bertz CT molecular complexity index is 1100. The average molecular weight is 439 g/mol. The lowest BCUT2D eigenvalue weighted by molar-refractivity contribution is -0.385. The van der Waals surface area contributed by atoms with Crippen molar-refractivity contribution in [2.45, 2.75) is 24.5 Å². The number of hydrogen-bond acceptors (Lipinski definition) is 7. The molecule has 0 radical (unpaired) electrons. The van der Waals surface area contributed by atoms with Crippen molar-refractivity contribution in [3.05, 3.63) is 64.0 Å². The Morgan fingerprint density at radius 3 is 2.74 bits per heavy atom. The molecule has 0 saturated heterocycles. The SMILES string of the molecule is COc1ccc(CSCC(=O)Nc2ccc(-c3n[nH]c(C4CC4)n3)cc2)cc1[N+](=O)[O-]. The van der Waals surface area contributed by atoms with Gasteiger partial charge in [0.2, 0.25) is 5.91 Å². The number of carbonyl (C=O) groups excluding carboxylic acids is 1. The second-order valence-corrected chi connectivity index (χ2v) is 8.19. The summed E-state index contributed by atoms with van der Waals surface area (Å²) in [6.45, 7) is 0. The van der Waals surface area contributed by atoms with Crippen molar-refractivity contribution in [2.24, 2.45) is 0 Å². The fraction of sp³-hybridized carbons (Fsp3) is 0.286. The van der Waals surface area contributed by atoms with Crippen LogP contribution in [-0.4, -0.2) is 38.9 Å². The van der Waals surface area contributed by atoms with E-state index in [4.69, 9.17) is 4.74 Å². The summed E-state index contributed by atoms with van der Waals surface area (Å²) in [7, 11) is 1.39. The predicted octanol–water partition coefficient (Wildman–Crippen LogP) is 4.14. The van der Waals surface area contributed by atoms with Gasteiger partial charge >= 0.3 is 5.69 Å². The summed E-state index contributed by atoms with van der Waals surface area (Å²) in [5.41, 5.74) is 2.25. The molecule has 3 aromatic rings. The number of rotatable bonds is 9. The third kappa shape index (κ3) is 5.21. The number of nitrogens with one attached hydrogen (secondary N) is 2. The highest BCUT2D eigenvalue weighted by molar-refractivity contribution is 7.99. The van der Waals surface area contributed by atoms with Gasteiger partial charge in [-0.15, -0.1) is 11.8 Å². The van der Waals surface area contributed by atoms with Crippen LogP contribution in [0.15, 0.2) is 42.5 Å². The Hall–Kier alpha value is -3.40. The number of methoxy groups -OCH3 is 1. The summed E-state index contributed by atoms with van der Waals surface area (Å²) in [5, 5.41) is 21.2. The van der Waals surface area contributed by atoms with Crippen molar-refractivity contribution in [2.75, 3.05) is 18.2 Å². The van der Waals surface area contributed by atoms with Gasteiger partial charge in [-0.1, -0.05) is 6.07 Å². The fourth-order valence-electron chi connectivity index (χ4n) is 3.07. The first-order chi connectivity index (χ1) is 15.0. The zero-order valence-electron chi connectivity index (χ0n) is 16.8. The Morgan fingerprint density at radius 2 is 2.06 bits per heavy atom. The second kappa shape index (κ2) is 9.17. The molecule has 0 atom stereocenters. The molecule has 2 aromatic carbocycles. The van der Waals surface area contributed by atoms with Crippen LogP contribution in [0.1, 0.15) is 30.1 Å². The number of nitro groups is 1. The molecule has 2 N–H and O–H groups in total. The van der Waals surface area contributed by atoms with Crippen molar-refractivity contribution in [1.82, 2.24) is 15.2 Å².